The number of carbonyl (C=O) groups excluding carboxylic acids is 1. The summed E-state index contributed by atoms with van der Waals surface area (Å²) in [6, 6.07) is 9.53. The third-order valence-corrected chi connectivity index (χ3v) is 3.85. The molecule has 1 heterocycles. The average Bonchev–Trinajstić information content (AvgIpc) is 2.78. The fraction of sp³-hybridized carbons (Fsp3) is 0.462. The van der Waals surface area contributed by atoms with E-state index in [1.165, 1.54) is 7.11 Å². The van der Waals surface area contributed by atoms with Gasteiger partial charge in [0.1, 0.15) is 6.10 Å². The lowest BCUT2D eigenvalue weighted by atomic mass is 10.0. The van der Waals surface area contributed by atoms with Crippen molar-refractivity contribution >= 4 is 21.9 Å². The van der Waals surface area contributed by atoms with Crippen molar-refractivity contribution in [1.82, 2.24) is 0 Å². The highest BCUT2D eigenvalue weighted by Gasteiger charge is 2.48. The van der Waals surface area contributed by atoms with Crippen LogP contribution in [0.4, 0.5) is 0 Å². The number of methoxy groups -OCH3 is 1. The highest BCUT2D eigenvalue weighted by molar-refractivity contribution is 9.09. The van der Waals surface area contributed by atoms with E-state index >= 15 is 0 Å². The summed E-state index contributed by atoms with van der Waals surface area (Å²) in [6.45, 7) is 1.79. The van der Waals surface area contributed by atoms with Crippen molar-refractivity contribution in [1.29, 1.82) is 0 Å². The summed E-state index contributed by atoms with van der Waals surface area (Å²) in [5.41, 5.74) is 0.901. The molecule has 0 spiro atoms. The minimum Gasteiger partial charge on any atom is -0.467 e. The fourth-order valence-electron chi connectivity index (χ4n) is 1.92. The lowest BCUT2D eigenvalue weighted by Gasteiger charge is -2.19. The second kappa shape index (κ2) is 5.38. The molecule has 0 saturated carbocycles. The molecule has 1 aromatic rings. The number of esters is 1. The van der Waals surface area contributed by atoms with Crippen LogP contribution in [0.1, 0.15) is 18.6 Å². The molecule has 1 saturated heterocycles. The summed E-state index contributed by atoms with van der Waals surface area (Å²) in [4.78, 5) is 11.8. The minimum atomic E-state index is -0.820. The number of hydrogen-bond acceptors (Lipinski definition) is 4. The lowest BCUT2D eigenvalue weighted by Crippen LogP contribution is -2.31. The van der Waals surface area contributed by atoms with E-state index in [1.807, 2.05) is 30.3 Å². The van der Waals surface area contributed by atoms with Crippen molar-refractivity contribution in [2.24, 2.45) is 0 Å². The maximum Gasteiger partial charge on any atom is 0.338 e. The normalized spacial score (nSPS) is 31.3. The van der Waals surface area contributed by atoms with Crippen LogP contribution in [0.3, 0.4) is 0 Å². The van der Waals surface area contributed by atoms with Gasteiger partial charge in [0.2, 0.25) is 0 Å². The number of ether oxygens (including phenoxy) is 3. The molecule has 3 atom stereocenters. The zero-order chi connectivity index (χ0) is 13.2. The monoisotopic (exact) mass is 314 g/mol. The molecule has 1 unspecified atom stereocenters. The molecule has 0 aliphatic carbocycles. The summed E-state index contributed by atoms with van der Waals surface area (Å²) in [5, 5.41) is 0.483. The predicted octanol–water partition coefficient (Wildman–Crippen LogP) is 2.43. The van der Waals surface area contributed by atoms with E-state index in [-0.39, 0.29) is 0 Å². The lowest BCUT2D eigenvalue weighted by molar-refractivity contribution is -0.166. The fourth-order valence-corrected chi connectivity index (χ4v) is 2.19. The molecule has 4 nitrogen and oxygen atoms in total. The van der Waals surface area contributed by atoms with Gasteiger partial charge < -0.3 is 14.2 Å². The summed E-state index contributed by atoms with van der Waals surface area (Å²) in [5.74, 6) is -1.24. The molecule has 1 aliphatic heterocycles. The molecule has 1 fully saturated rings. The van der Waals surface area contributed by atoms with Gasteiger partial charge in [-0.15, -0.1) is 0 Å². The molecular weight excluding hydrogens is 300 g/mol. The molecule has 18 heavy (non-hydrogen) atoms. The third-order valence-electron chi connectivity index (χ3n) is 2.83. The molecule has 0 N–H and O–H groups in total. The molecule has 0 radical (unpaired) electrons. The number of alkyl halides is 1. The van der Waals surface area contributed by atoms with E-state index in [4.69, 9.17) is 14.2 Å². The summed E-state index contributed by atoms with van der Waals surface area (Å²) in [7, 11) is 1.34. The zero-order valence-electron chi connectivity index (χ0n) is 10.3. The maximum absolute atomic E-state index is 11.8. The number of carbonyl (C=O) groups is 1. The van der Waals surface area contributed by atoms with Gasteiger partial charge in [0.15, 0.2) is 11.9 Å². The van der Waals surface area contributed by atoms with Gasteiger partial charge in [0.25, 0.3) is 0 Å². The number of rotatable bonds is 3. The Hall–Kier alpha value is -0.910. The number of halogens is 1. The summed E-state index contributed by atoms with van der Waals surface area (Å²) < 4.78 is 16.3. The van der Waals surface area contributed by atoms with Gasteiger partial charge >= 0.3 is 5.97 Å². The van der Waals surface area contributed by atoms with E-state index in [9.17, 15) is 4.79 Å². The first-order valence-electron chi connectivity index (χ1n) is 5.64. The van der Waals surface area contributed by atoms with Crippen LogP contribution in [0.2, 0.25) is 0 Å². The Bertz CT molecular complexity index is 422. The smallest absolute Gasteiger partial charge is 0.338 e. The Morgan fingerprint density at radius 3 is 2.61 bits per heavy atom. The first-order chi connectivity index (χ1) is 8.59. The Balaban J connectivity index is 2.29. The van der Waals surface area contributed by atoms with E-state index in [0.29, 0.717) is 5.33 Å². The molecule has 0 amide bonds. The van der Waals surface area contributed by atoms with Gasteiger partial charge in [-0.1, -0.05) is 46.3 Å². The van der Waals surface area contributed by atoms with Crippen molar-refractivity contribution in [2.45, 2.75) is 24.9 Å². The largest absolute Gasteiger partial charge is 0.467 e. The van der Waals surface area contributed by atoms with Crippen LogP contribution in [-0.4, -0.2) is 30.3 Å². The van der Waals surface area contributed by atoms with Crippen molar-refractivity contribution in [2.75, 3.05) is 12.4 Å². The third kappa shape index (κ3) is 2.58. The van der Waals surface area contributed by atoms with Gasteiger partial charge in [0, 0.05) is 0 Å². The minimum absolute atomic E-state index is 0.423. The molecule has 1 aromatic carbocycles. The van der Waals surface area contributed by atoms with Gasteiger partial charge in [-0.2, -0.15) is 0 Å². The van der Waals surface area contributed by atoms with Crippen LogP contribution in [0.5, 0.6) is 0 Å². The van der Waals surface area contributed by atoms with Gasteiger partial charge in [0.05, 0.1) is 12.4 Å². The van der Waals surface area contributed by atoms with Crippen LogP contribution in [-0.2, 0) is 19.0 Å². The van der Waals surface area contributed by atoms with Gasteiger partial charge in [-0.05, 0) is 12.5 Å². The SMILES string of the molecule is COC(=O)[C@H]1OC(C)(CBr)O[C@@H]1c1ccccc1. The molecule has 5 heteroatoms. The molecular formula is C13H15BrO4. The highest BCUT2D eigenvalue weighted by atomic mass is 79.9. The maximum atomic E-state index is 11.8. The second-order valence-corrected chi connectivity index (χ2v) is 4.84. The van der Waals surface area contributed by atoms with Crippen molar-refractivity contribution < 1.29 is 19.0 Å². The molecule has 0 bridgehead atoms. The highest BCUT2D eigenvalue weighted by Crippen LogP contribution is 2.39. The summed E-state index contributed by atoms with van der Waals surface area (Å²) in [6.07, 6.45) is -1.18. The Kier molecular flexibility index (Phi) is 4.04. The quantitative estimate of drug-likeness (QED) is 0.635. The first kappa shape index (κ1) is 13.5. The standard InChI is InChI=1S/C13H15BrO4/c1-13(8-14)17-10(9-6-4-3-5-7-9)11(18-13)12(15)16-2/h3-7,10-11H,8H2,1-2H3/t10-,11+,13?/m1/s1. The van der Waals surface area contributed by atoms with E-state index in [1.54, 1.807) is 6.92 Å². The second-order valence-electron chi connectivity index (χ2n) is 4.28. The molecule has 0 aromatic heterocycles. The van der Waals surface area contributed by atoms with Crippen LogP contribution in [0.15, 0.2) is 30.3 Å². The van der Waals surface area contributed by atoms with Crippen LogP contribution in [0, 0.1) is 0 Å². The average molecular weight is 315 g/mol. The number of benzene rings is 1. The van der Waals surface area contributed by atoms with Crippen LogP contribution in [0.25, 0.3) is 0 Å². The Labute approximate surface area is 114 Å². The topological polar surface area (TPSA) is 44.8 Å². The van der Waals surface area contributed by atoms with Crippen molar-refractivity contribution in [3.8, 4) is 0 Å². The first-order valence-corrected chi connectivity index (χ1v) is 6.76. The van der Waals surface area contributed by atoms with Gasteiger partial charge in [-0.3, -0.25) is 0 Å². The van der Waals surface area contributed by atoms with Crippen molar-refractivity contribution in [3.05, 3.63) is 35.9 Å². The molecule has 1 aliphatic rings. The Morgan fingerprint density at radius 2 is 2.06 bits per heavy atom. The van der Waals surface area contributed by atoms with Crippen molar-refractivity contribution in [3.63, 3.8) is 0 Å². The number of hydrogen-bond donors (Lipinski definition) is 0. The van der Waals surface area contributed by atoms with Crippen LogP contribution < -0.4 is 0 Å². The zero-order valence-corrected chi connectivity index (χ0v) is 11.8. The summed E-state index contributed by atoms with van der Waals surface area (Å²) >= 11 is 3.33. The van der Waals surface area contributed by atoms with Gasteiger partial charge in [-0.25, -0.2) is 4.79 Å². The predicted molar refractivity (Wildman–Crippen MR) is 69.4 cm³/mol. The molecule has 2 rings (SSSR count). The van der Waals surface area contributed by atoms with E-state index < -0.39 is 24.0 Å². The van der Waals surface area contributed by atoms with E-state index in [2.05, 4.69) is 15.9 Å². The Morgan fingerprint density at radius 1 is 1.39 bits per heavy atom. The van der Waals surface area contributed by atoms with E-state index in [0.717, 1.165) is 5.56 Å². The molecule has 98 valence electrons. The van der Waals surface area contributed by atoms with Crippen LogP contribution >= 0.6 is 15.9 Å².